The van der Waals surface area contributed by atoms with E-state index < -0.39 is 28.3 Å². The molecule has 0 saturated heterocycles. The fourth-order valence-electron chi connectivity index (χ4n) is 3.02. The Morgan fingerprint density at radius 2 is 1.62 bits per heavy atom. The Bertz CT molecular complexity index is 1280. The average molecular weight is 483 g/mol. The van der Waals surface area contributed by atoms with Crippen LogP contribution in [-0.4, -0.2) is 37.3 Å². The summed E-state index contributed by atoms with van der Waals surface area (Å²) in [5.74, 6) is -1.48. The van der Waals surface area contributed by atoms with Gasteiger partial charge in [-0.05, 0) is 35.9 Å². The maximum atomic E-state index is 13.7. The fraction of sp³-hybridized carbons (Fsp3) is 0.125. The van der Waals surface area contributed by atoms with Crippen molar-refractivity contribution in [1.82, 2.24) is 9.73 Å². The molecule has 34 heavy (non-hydrogen) atoms. The molecule has 0 spiro atoms. The number of carbonyl (C=O) groups is 2. The summed E-state index contributed by atoms with van der Waals surface area (Å²) in [6.07, 6.45) is 1.14. The quantitative estimate of drug-likeness (QED) is 0.361. The lowest BCUT2D eigenvalue weighted by Gasteiger charge is -2.21. The molecular weight excluding hydrogens is 459 g/mol. The Labute approximate surface area is 197 Å². The summed E-state index contributed by atoms with van der Waals surface area (Å²) in [5, 5.41) is 6.30. The topological polar surface area (TPSA) is 108 Å². The van der Waals surface area contributed by atoms with Gasteiger partial charge in [0.25, 0.3) is 5.91 Å². The smallest absolute Gasteiger partial charge is 0.255 e. The normalized spacial score (nSPS) is 11.5. The molecule has 0 aromatic heterocycles. The fourth-order valence-corrected chi connectivity index (χ4v) is 4.41. The van der Waals surface area contributed by atoms with E-state index >= 15 is 0 Å². The lowest BCUT2D eigenvalue weighted by molar-refractivity contribution is -0.121. The van der Waals surface area contributed by atoms with Crippen LogP contribution in [0, 0.1) is 5.82 Å². The third-order valence-electron chi connectivity index (χ3n) is 4.63. The Morgan fingerprint density at radius 1 is 0.971 bits per heavy atom. The van der Waals surface area contributed by atoms with E-state index in [0.29, 0.717) is 11.3 Å². The van der Waals surface area contributed by atoms with Gasteiger partial charge in [-0.2, -0.15) is 9.41 Å². The van der Waals surface area contributed by atoms with Gasteiger partial charge in [-0.25, -0.2) is 18.2 Å². The van der Waals surface area contributed by atoms with Gasteiger partial charge in [-0.3, -0.25) is 9.59 Å². The van der Waals surface area contributed by atoms with Crippen molar-refractivity contribution < 1.29 is 22.4 Å². The summed E-state index contributed by atoms with van der Waals surface area (Å²) in [4.78, 5) is 23.7. The molecular formula is C24H23FN4O4S. The molecule has 0 aliphatic rings. The first-order valence-electron chi connectivity index (χ1n) is 10.2. The van der Waals surface area contributed by atoms with Gasteiger partial charge in [0.2, 0.25) is 15.9 Å². The largest absolute Gasteiger partial charge is 0.326 e. The van der Waals surface area contributed by atoms with E-state index in [4.69, 9.17) is 0 Å². The van der Waals surface area contributed by atoms with E-state index in [1.807, 2.05) is 0 Å². The highest BCUT2D eigenvalue weighted by molar-refractivity contribution is 7.89. The third kappa shape index (κ3) is 6.80. The maximum absolute atomic E-state index is 13.7. The molecule has 0 atom stereocenters. The molecule has 0 bridgehead atoms. The zero-order chi connectivity index (χ0) is 24.6. The van der Waals surface area contributed by atoms with E-state index in [2.05, 4.69) is 15.8 Å². The molecule has 3 rings (SSSR count). The van der Waals surface area contributed by atoms with Gasteiger partial charge in [0.05, 0.1) is 17.7 Å². The van der Waals surface area contributed by atoms with Crippen LogP contribution in [0.1, 0.15) is 18.1 Å². The van der Waals surface area contributed by atoms with Crippen LogP contribution in [0.4, 0.5) is 10.1 Å². The Balaban J connectivity index is 1.79. The Kier molecular flexibility index (Phi) is 8.23. The second-order valence-electron chi connectivity index (χ2n) is 7.28. The van der Waals surface area contributed by atoms with Crippen molar-refractivity contribution in [1.29, 1.82) is 0 Å². The van der Waals surface area contributed by atoms with Crippen LogP contribution < -0.4 is 10.7 Å². The van der Waals surface area contributed by atoms with Gasteiger partial charge in [-0.1, -0.05) is 48.5 Å². The highest BCUT2D eigenvalue weighted by Gasteiger charge is 2.27. The molecule has 2 N–H and O–H groups in total. The number of hydrogen-bond donors (Lipinski definition) is 2. The number of nitrogens with zero attached hydrogens (tertiary/aromatic N) is 2. The van der Waals surface area contributed by atoms with Crippen molar-refractivity contribution in [2.45, 2.75) is 18.4 Å². The van der Waals surface area contributed by atoms with Crippen molar-refractivity contribution in [2.24, 2.45) is 5.10 Å². The standard InChI is InChI=1S/C24H23FN4O4S/c1-18(30)27-21-11-13-22(14-12-21)34(32,33)29(16-19-7-3-2-4-8-19)17-24(31)28-26-15-20-9-5-6-10-23(20)25/h2-15H,16-17H2,1H3,(H,27,30)(H,28,31)/b26-15-. The van der Waals surface area contributed by atoms with Crippen molar-refractivity contribution >= 4 is 33.7 Å². The molecule has 3 aromatic carbocycles. The van der Waals surface area contributed by atoms with Crippen LogP contribution in [0.25, 0.3) is 0 Å². The van der Waals surface area contributed by atoms with Gasteiger partial charge in [0.15, 0.2) is 0 Å². The Hall–Kier alpha value is -3.89. The first-order valence-corrected chi connectivity index (χ1v) is 11.7. The van der Waals surface area contributed by atoms with E-state index in [-0.39, 0.29) is 22.9 Å². The number of nitrogens with one attached hydrogen (secondary N) is 2. The van der Waals surface area contributed by atoms with Crippen molar-refractivity contribution in [2.75, 3.05) is 11.9 Å². The molecule has 0 unspecified atom stereocenters. The predicted molar refractivity (Wildman–Crippen MR) is 127 cm³/mol. The molecule has 0 aliphatic heterocycles. The first-order chi connectivity index (χ1) is 16.3. The molecule has 0 aliphatic carbocycles. The van der Waals surface area contributed by atoms with Gasteiger partial charge >= 0.3 is 0 Å². The minimum absolute atomic E-state index is 0.0415. The number of benzene rings is 3. The number of hydrogen-bond acceptors (Lipinski definition) is 5. The summed E-state index contributed by atoms with van der Waals surface area (Å²) in [6.45, 7) is 0.778. The molecule has 0 radical (unpaired) electrons. The van der Waals surface area contributed by atoms with Crippen LogP contribution >= 0.6 is 0 Å². The Morgan fingerprint density at radius 3 is 2.26 bits per heavy atom. The van der Waals surface area contributed by atoms with E-state index in [1.54, 1.807) is 36.4 Å². The third-order valence-corrected chi connectivity index (χ3v) is 6.44. The lowest BCUT2D eigenvalue weighted by Crippen LogP contribution is -2.39. The van der Waals surface area contributed by atoms with E-state index in [1.165, 1.54) is 49.4 Å². The molecule has 8 nitrogen and oxygen atoms in total. The highest BCUT2D eigenvalue weighted by atomic mass is 32.2. The molecule has 3 aromatic rings. The van der Waals surface area contributed by atoms with Gasteiger partial charge in [0, 0.05) is 24.7 Å². The maximum Gasteiger partial charge on any atom is 0.255 e. The SMILES string of the molecule is CC(=O)Nc1ccc(S(=O)(=O)N(CC(=O)N/N=C\c2ccccc2F)Cc2ccccc2)cc1. The number of sulfonamides is 1. The average Bonchev–Trinajstić information content (AvgIpc) is 2.80. The summed E-state index contributed by atoms with van der Waals surface area (Å²) >= 11 is 0. The van der Waals surface area contributed by atoms with Gasteiger partial charge < -0.3 is 5.32 Å². The van der Waals surface area contributed by atoms with Crippen molar-refractivity contribution in [3.63, 3.8) is 0 Å². The molecule has 176 valence electrons. The van der Waals surface area contributed by atoms with Crippen LogP contribution in [0.2, 0.25) is 0 Å². The highest BCUT2D eigenvalue weighted by Crippen LogP contribution is 2.20. The molecule has 0 heterocycles. The monoisotopic (exact) mass is 482 g/mol. The number of amides is 2. The number of rotatable bonds is 9. The second-order valence-corrected chi connectivity index (χ2v) is 9.22. The summed E-state index contributed by atoms with van der Waals surface area (Å²) in [5.41, 5.74) is 3.55. The van der Waals surface area contributed by atoms with Gasteiger partial charge in [0.1, 0.15) is 5.82 Å². The molecule has 10 heteroatoms. The van der Waals surface area contributed by atoms with Gasteiger partial charge in [-0.15, -0.1) is 0 Å². The molecule has 0 fully saturated rings. The van der Waals surface area contributed by atoms with Crippen LogP contribution in [0.15, 0.2) is 88.9 Å². The number of halogens is 1. The number of carbonyl (C=O) groups excluding carboxylic acids is 2. The van der Waals surface area contributed by atoms with E-state index in [0.717, 1.165) is 10.5 Å². The summed E-state index contributed by atoms with van der Waals surface area (Å²) in [7, 11) is -4.08. The van der Waals surface area contributed by atoms with Crippen molar-refractivity contribution in [3.05, 3.63) is 95.8 Å². The first kappa shape index (κ1) is 24.7. The zero-order valence-corrected chi connectivity index (χ0v) is 19.1. The zero-order valence-electron chi connectivity index (χ0n) is 18.3. The minimum Gasteiger partial charge on any atom is -0.326 e. The van der Waals surface area contributed by atoms with Crippen molar-refractivity contribution in [3.8, 4) is 0 Å². The number of hydrazone groups is 1. The lowest BCUT2D eigenvalue weighted by atomic mass is 10.2. The molecule has 2 amide bonds. The van der Waals surface area contributed by atoms with Crippen LogP contribution in [0.5, 0.6) is 0 Å². The van der Waals surface area contributed by atoms with Crippen LogP contribution in [0.3, 0.4) is 0 Å². The van der Waals surface area contributed by atoms with Crippen LogP contribution in [-0.2, 0) is 26.2 Å². The summed E-state index contributed by atoms with van der Waals surface area (Å²) < 4.78 is 41.3. The number of anilines is 1. The second kappa shape index (κ2) is 11.3. The predicted octanol–water partition coefficient (Wildman–Crippen LogP) is 3.13. The summed E-state index contributed by atoms with van der Waals surface area (Å²) in [6, 6.07) is 20.4. The minimum atomic E-state index is -4.08. The van der Waals surface area contributed by atoms with E-state index in [9.17, 15) is 22.4 Å². The molecule has 0 saturated carbocycles.